The summed E-state index contributed by atoms with van der Waals surface area (Å²) >= 11 is 0. The summed E-state index contributed by atoms with van der Waals surface area (Å²) in [5.74, 6) is -3.51. The molecule has 6 heteroatoms. The SMILES string of the molecule is CCCC[C@H](NC(=O)C1CC1c1ccc(F)cc1F)C(=O)O. The minimum Gasteiger partial charge on any atom is -0.480 e. The van der Waals surface area contributed by atoms with Crippen molar-refractivity contribution in [2.45, 2.75) is 44.6 Å². The standard InChI is InChI=1S/C16H19F2NO3/c1-2-3-4-14(16(21)22)19-15(20)12-8-11(12)10-6-5-9(17)7-13(10)18/h5-7,11-12,14H,2-4,8H2,1H3,(H,19,20)(H,21,22)/t11?,12?,14-/m0/s1. The highest BCUT2D eigenvalue weighted by Crippen LogP contribution is 2.48. The highest BCUT2D eigenvalue weighted by Gasteiger charge is 2.46. The molecule has 0 heterocycles. The molecule has 1 saturated carbocycles. The molecule has 120 valence electrons. The zero-order chi connectivity index (χ0) is 16.3. The van der Waals surface area contributed by atoms with Gasteiger partial charge in [0.2, 0.25) is 5.91 Å². The second kappa shape index (κ2) is 6.85. The summed E-state index contributed by atoms with van der Waals surface area (Å²) in [7, 11) is 0. The number of aliphatic carboxylic acids is 1. The molecule has 2 unspecified atom stereocenters. The van der Waals surface area contributed by atoms with E-state index in [2.05, 4.69) is 5.32 Å². The molecule has 1 aromatic carbocycles. The smallest absolute Gasteiger partial charge is 0.326 e. The van der Waals surface area contributed by atoms with Gasteiger partial charge in [-0.05, 0) is 30.4 Å². The summed E-state index contributed by atoms with van der Waals surface area (Å²) < 4.78 is 26.6. The molecule has 2 N–H and O–H groups in total. The van der Waals surface area contributed by atoms with Crippen LogP contribution in [0.2, 0.25) is 0 Å². The molecule has 2 rings (SSSR count). The lowest BCUT2D eigenvalue weighted by atomic mass is 10.1. The molecule has 1 fully saturated rings. The maximum atomic E-state index is 13.7. The quantitative estimate of drug-likeness (QED) is 0.814. The van der Waals surface area contributed by atoms with Gasteiger partial charge in [0, 0.05) is 12.0 Å². The van der Waals surface area contributed by atoms with E-state index in [0.29, 0.717) is 24.8 Å². The molecule has 0 aliphatic heterocycles. The van der Waals surface area contributed by atoms with Crippen molar-refractivity contribution in [3.8, 4) is 0 Å². The van der Waals surface area contributed by atoms with Crippen LogP contribution in [0, 0.1) is 17.6 Å². The van der Waals surface area contributed by atoms with E-state index in [-0.39, 0.29) is 11.8 Å². The Bertz CT molecular complexity index is 577. The molecular weight excluding hydrogens is 292 g/mol. The topological polar surface area (TPSA) is 66.4 Å². The van der Waals surface area contributed by atoms with Gasteiger partial charge in [0.05, 0.1) is 0 Å². The third kappa shape index (κ3) is 3.81. The molecule has 1 aliphatic rings. The predicted molar refractivity (Wildman–Crippen MR) is 76.3 cm³/mol. The highest BCUT2D eigenvalue weighted by molar-refractivity contribution is 5.87. The number of rotatable bonds is 7. The number of carboxylic acids is 1. The first kappa shape index (κ1) is 16.4. The Morgan fingerprint density at radius 1 is 1.41 bits per heavy atom. The second-order valence-electron chi connectivity index (χ2n) is 5.66. The summed E-state index contributed by atoms with van der Waals surface area (Å²) in [5, 5.41) is 11.6. The van der Waals surface area contributed by atoms with Crippen molar-refractivity contribution in [2.24, 2.45) is 5.92 Å². The molecule has 1 aliphatic carbocycles. The number of benzene rings is 1. The second-order valence-corrected chi connectivity index (χ2v) is 5.66. The molecular formula is C16H19F2NO3. The average Bonchev–Trinajstić information content (AvgIpc) is 3.23. The highest BCUT2D eigenvalue weighted by atomic mass is 19.1. The first-order valence-corrected chi connectivity index (χ1v) is 7.42. The van der Waals surface area contributed by atoms with Gasteiger partial charge in [-0.3, -0.25) is 4.79 Å². The monoisotopic (exact) mass is 311 g/mol. The molecule has 22 heavy (non-hydrogen) atoms. The average molecular weight is 311 g/mol. The number of unbranched alkanes of at least 4 members (excludes halogenated alkanes) is 1. The van der Waals surface area contributed by atoms with Crippen LogP contribution in [0.4, 0.5) is 8.78 Å². The van der Waals surface area contributed by atoms with Crippen LogP contribution in [0.15, 0.2) is 18.2 Å². The number of carbonyl (C=O) groups is 2. The van der Waals surface area contributed by atoms with E-state index in [4.69, 9.17) is 5.11 Å². The summed E-state index contributed by atoms with van der Waals surface area (Å²) in [6.45, 7) is 1.94. The van der Waals surface area contributed by atoms with E-state index in [9.17, 15) is 18.4 Å². The number of halogens is 2. The van der Waals surface area contributed by atoms with Gasteiger partial charge in [0.1, 0.15) is 17.7 Å². The maximum Gasteiger partial charge on any atom is 0.326 e. The Kier molecular flexibility index (Phi) is 5.11. The number of hydrogen-bond donors (Lipinski definition) is 2. The van der Waals surface area contributed by atoms with Gasteiger partial charge in [0.25, 0.3) is 0 Å². The molecule has 0 radical (unpaired) electrons. The van der Waals surface area contributed by atoms with Gasteiger partial charge in [-0.15, -0.1) is 0 Å². The lowest BCUT2D eigenvalue weighted by molar-refractivity contribution is -0.142. The normalized spacial score (nSPS) is 21.2. The van der Waals surface area contributed by atoms with Crippen molar-refractivity contribution in [2.75, 3.05) is 0 Å². The molecule has 3 atom stereocenters. The van der Waals surface area contributed by atoms with E-state index < -0.39 is 29.6 Å². The van der Waals surface area contributed by atoms with E-state index in [1.165, 1.54) is 6.07 Å². The van der Waals surface area contributed by atoms with Gasteiger partial charge >= 0.3 is 5.97 Å². The van der Waals surface area contributed by atoms with Crippen molar-refractivity contribution in [1.29, 1.82) is 0 Å². The molecule has 0 saturated heterocycles. The zero-order valence-corrected chi connectivity index (χ0v) is 12.3. The third-order valence-corrected chi connectivity index (χ3v) is 3.95. The van der Waals surface area contributed by atoms with Gasteiger partial charge in [-0.1, -0.05) is 25.8 Å². The van der Waals surface area contributed by atoms with Crippen LogP contribution in [0.1, 0.15) is 44.1 Å². The van der Waals surface area contributed by atoms with E-state index in [0.717, 1.165) is 18.6 Å². The third-order valence-electron chi connectivity index (χ3n) is 3.95. The minimum atomic E-state index is -1.06. The van der Waals surface area contributed by atoms with Crippen LogP contribution in [0.3, 0.4) is 0 Å². The Morgan fingerprint density at radius 2 is 2.14 bits per heavy atom. The number of carboxylic acid groups (broad SMARTS) is 1. The number of nitrogens with one attached hydrogen (secondary N) is 1. The number of amides is 1. The van der Waals surface area contributed by atoms with Crippen LogP contribution < -0.4 is 5.32 Å². The first-order chi connectivity index (χ1) is 10.4. The van der Waals surface area contributed by atoms with Crippen molar-refractivity contribution >= 4 is 11.9 Å². The van der Waals surface area contributed by atoms with E-state index in [1.54, 1.807) is 0 Å². The molecule has 1 amide bonds. The fourth-order valence-corrected chi connectivity index (χ4v) is 2.58. The number of hydrogen-bond acceptors (Lipinski definition) is 2. The maximum absolute atomic E-state index is 13.7. The Balaban J connectivity index is 1.96. The zero-order valence-electron chi connectivity index (χ0n) is 12.3. The summed E-state index contributed by atoms with van der Waals surface area (Å²) in [6, 6.07) is 2.39. The Morgan fingerprint density at radius 3 is 2.73 bits per heavy atom. The summed E-state index contributed by atoms with van der Waals surface area (Å²) in [6.07, 6.45) is 2.37. The minimum absolute atomic E-state index is 0.304. The van der Waals surface area contributed by atoms with Gasteiger partial charge in [0.15, 0.2) is 0 Å². The Labute approximate surface area is 127 Å². The number of carbonyl (C=O) groups excluding carboxylic acids is 1. The van der Waals surface area contributed by atoms with Crippen molar-refractivity contribution in [3.05, 3.63) is 35.4 Å². The lowest BCUT2D eigenvalue weighted by Gasteiger charge is -2.14. The molecule has 1 aromatic rings. The van der Waals surface area contributed by atoms with Crippen LogP contribution in [-0.2, 0) is 9.59 Å². The van der Waals surface area contributed by atoms with E-state index >= 15 is 0 Å². The van der Waals surface area contributed by atoms with Crippen LogP contribution >= 0.6 is 0 Å². The largest absolute Gasteiger partial charge is 0.480 e. The fraction of sp³-hybridized carbons (Fsp3) is 0.500. The van der Waals surface area contributed by atoms with E-state index in [1.807, 2.05) is 6.92 Å². The fourth-order valence-electron chi connectivity index (χ4n) is 2.58. The molecule has 4 nitrogen and oxygen atoms in total. The van der Waals surface area contributed by atoms with Gasteiger partial charge in [-0.25, -0.2) is 13.6 Å². The van der Waals surface area contributed by atoms with Crippen LogP contribution in [0.5, 0.6) is 0 Å². The molecule has 0 bridgehead atoms. The van der Waals surface area contributed by atoms with Crippen LogP contribution in [0.25, 0.3) is 0 Å². The summed E-state index contributed by atoms with van der Waals surface area (Å²) in [5.41, 5.74) is 0.307. The van der Waals surface area contributed by atoms with Gasteiger partial charge < -0.3 is 10.4 Å². The van der Waals surface area contributed by atoms with Crippen molar-refractivity contribution < 1.29 is 23.5 Å². The first-order valence-electron chi connectivity index (χ1n) is 7.42. The molecule has 0 aromatic heterocycles. The molecule has 0 spiro atoms. The summed E-state index contributed by atoms with van der Waals surface area (Å²) in [4.78, 5) is 23.2. The predicted octanol–water partition coefficient (Wildman–Crippen LogP) is 2.83. The van der Waals surface area contributed by atoms with Crippen molar-refractivity contribution in [1.82, 2.24) is 5.32 Å². The van der Waals surface area contributed by atoms with Crippen molar-refractivity contribution in [3.63, 3.8) is 0 Å². The Hall–Kier alpha value is -1.98. The lowest BCUT2D eigenvalue weighted by Crippen LogP contribution is -2.41. The van der Waals surface area contributed by atoms with Gasteiger partial charge in [-0.2, -0.15) is 0 Å². The van der Waals surface area contributed by atoms with Crippen LogP contribution in [-0.4, -0.2) is 23.0 Å².